The lowest BCUT2D eigenvalue weighted by atomic mass is 9.84. The summed E-state index contributed by atoms with van der Waals surface area (Å²) in [5.41, 5.74) is 4.09. The highest BCUT2D eigenvalue weighted by atomic mass is 32.2. The van der Waals surface area contributed by atoms with Crippen molar-refractivity contribution in [1.82, 2.24) is 9.55 Å². The lowest BCUT2D eigenvalue weighted by molar-refractivity contribution is 0.185. The fraction of sp³-hybridized carbons (Fsp3) is 0.308. The number of methoxy groups -OCH3 is 2. The summed E-state index contributed by atoms with van der Waals surface area (Å²) in [6, 6.07) is 9.12. The first kappa shape index (κ1) is 26.2. The van der Waals surface area contributed by atoms with Crippen molar-refractivity contribution in [3.63, 3.8) is 0 Å². The zero-order valence-electron chi connectivity index (χ0n) is 20.8. The van der Waals surface area contributed by atoms with Crippen LogP contribution >= 0.6 is 0 Å². The maximum atomic E-state index is 12.5. The molecule has 1 heterocycles. The van der Waals surface area contributed by atoms with Gasteiger partial charge in [-0.25, -0.2) is 8.42 Å². The van der Waals surface area contributed by atoms with E-state index in [4.69, 9.17) is 9.47 Å². The Balaban J connectivity index is 2.15. The van der Waals surface area contributed by atoms with Gasteiger partial charge in [-0.2, -0.15) is 0 Å². The summed E-state index contributed by atoms with van der Waals surface area (Å²) in [6.07, 6.45) is 9.43. The molecule has 1 N–H and O–H groups in total. The molecule has 0 amide bonds. The van der Waals surface area contributed by atoms with Crippen LogP contribution in [0.4, 0.5) is 5.69 Å². The normalized spacial score (nSPS) is 12.2. The van der Waals surface area contributed by atoms with Gasteiger partial charge in [0.2, 0.25) is 10.0 Å². The van der Waals surface area contributed by atoms with Crippen LogP contribution in [0.1, 0.15) is 43.0 Å². The van der Waals surface area contributed by atoms with Crippen molar-refractivity contribution in [3.8, 4) is 11.4 Å². The number of aromatic nitrogens is 2. The smallest absolute Gasteiger partial charge is 0.273 e. The molecule has 0 unspecified atom stereocenters. The van der Waals surface area contributed by atoms with E-state index in [0.717, 1.165) is 28.5 Å². The summed E-state index contributed by atoms with van der Waals surface area (Å²) in [6.45, 7) is 6.56. The molecule has 0 bridgehead atoms. The Labute approximate surface area is 206 Å². The topological polar surface area (TPSA) is 99.5 Å². The third-order valence-corrected chi connectivity index (χ3v) is 5.91. The van der Waals surface area contributed by atoms with Gasteiger partial charge in [0, 0.05) is 42.0 Å². The van der Waals surface area contributed by atoms with Crippen LogP contribution in [-0.2, 0) is 26.8 Å². The molecule has 0 aliphatic carbocycles. The Hall–Kier alpha value is -3.43. The fourth-order valence-corrected chi connectivity index (χ4v) is 4.31. The van der Waals surface area contributed by atoms with Crippen LogP contribution in [0.2, 0.25) is 0 Å². The largest absolute Gasteiger partial charge is 0.496 e. The number of hydrogen-bond acceptors (Lipinski definition) is 6. The Kier molecular flexibility index (Phi) is 7.82. The Bertz CT molecular complexity index is 1400. The second kappa shape index (κ2) is 10.5. The quantitative estimate of drug-likeness (QED) is 0.468. The highest BCUT2D eigenvalue weighted by Crippen LogP contribution is 2.37. The van der Waals surface area contributed by atoms with Crippen molar-refractivity contribution >= 4 is 27.9 Å². The van der Waals surface area contributed by atoms with Gasteiger partial charge in [0.05, 0.1) is 26.2 Å². The molecule has 186 valence electrons. The van der Waals surface area contributed by atoms with Crippen LogP contribution in [0, 0.1) is 0 Å². The first-order valence-electron chi connectivity index (χ1n) is 11.0. The summed E-state index contributed by atoms with van der Waals surface area (Å²) < 4.78 is 38.4. The molecule has 0 aliphatic rings. The van der Waals surface area contributed by atoms with E-state index in [2.05, 4.69) is 30.5 Å². The van der Waals surface area contributed by atoms with Gasteiger partial charge in [-0.3, -0.25) is 19.1 Å². The van der Waals surface area contributed by atoms with E-state index in [1.54, 1.807) is 43.3 Å². The minimum atomic E-state index is -3.40. The highest BCUT2D eigenvalue weighted by Gasteiger charge is 2.22. The third kappa shape index (κ3) is 6.58. The number of sulfonamides is 1. The van der Waals surface area contributed by atoms with Crippen LogP contribution in [0.3, 0.4) is 0 Å². The number of anilines is 1. The molecular formula is C26H31N3O5S. The summed E-state index contributed by atoms with van der Waals surface area (Å²) in [7, 11) is -0.188. The molecule has 0 saturated heterocycles. The Morgan fingerprint density at radius 2 is 1.80 bits per heavy atom. The minimum absolute atomic E-state index is 0.233. The van der Waals surface area contributed by atoms with Gasteiger partial charge >= 0.3 is 0 Å². The van der Waals surface area contributed by atoms with E-state index in [9.17, 15) is 13.2 Å². The molecule has 0 aliphatic heterocycles. The first-order chi connectivity index (χ1) is 16.4. The predicted octanol–water partition coefficient (Wildman–Crippen LogP) is 4.23. The molecule has 3 aromatic rings. The maximum Gasteiger partial charge on any atom is 0.273 e. The molecule has 8 nitrogen and oxygen atoms in total. The van der Waals surface area contributed by atoms with E-state index >= 15 is 0 Å². The van der Waals surface area contributed by atoms with Crippen molar-refractivity contribution in [2.24, 2.45) is 0 Å². The first-order valence-corrected chi connectivity index (χ1v) is 12.9. The van der Waals surface area contributed by atoms with Crippen LogP contribution in [0.5, 0.6) is 5.75 Å². The SMILES string of the molecule is COCc1cc(NS(C)(=O)=O)ccc1/C=C/c1cc(-n2ccncc2=O)cc(C(C)(C)C)c1OC. The van der Waals surface area contributed by atoms with Gasteiger partial charge in [-0.1, -0.05) is 39.0 Å². The van der Waals surface area contributed by atoms with Crippen LogP contribution in [0.15, 0.2) is 53.7 Å². The Morgan fingerprint density at radius 1 is 1.09 bits per heavy atom. The van der Waals surface area contributed by atoms with Crippen LogP contribution < -0.4 is 15.0 Å². The molecule has 2 aromatic carbocycles. The number of ether oxygens (including phenoxy) is 2. The summed E-state index contributed by atoms with van der Waals surface area (Å²) >= 11 is 0. The van der Waals surface area contributed by atoms with Crippen molar-refractivity contribution in [3.05, 3.63) is 81.5 Å². The zero-order chi connectivity index (χ0) is 25.8. The number of benzene rings is 2. The van der Waals surface area contributed by atoms with Gasteiger partial charge in [0.15, 0.2) is 0 Å². The number of nitrogens with one attached hydrogen (secondary N) is 1. The van der Waals surface area contributed by atoms with Crippen molar-refractivity contribution in [2.45, 2.75) is 32.8 Å². The van der Waals surface area contributed by atoms with E-state index < -0.39 is 10.0 Å². The summed E-state index contributed by atoms with van der Waals surface area (Å²) in [5, 5.41) is 0. The minimum Gasteiger partial charge on any atom is -0.496 e. The van der Waals surface area contributed by atoms with Crippen molar-refractivity contribution in [2.75, 3.05) is 25.2 Å². The fourth-order valence-electron chi connectivity index (χ4n) is 3.75. The molecule has 1 aromatic heterocycles. The monoisotopic (exact) mass is 497 g/mol. The molecule has 0 radical (unpaired) electrons. The summed E-state index contributed by atoms with van der Waals surface area (Å²) in [4.78, 5) is 16.4. The zero-order valence-corrected chi connectivity index (χ0v) is 21.6. The lowest BCUT2D eigenvalue weighted by Crippen LogP contribution is -2.19. The highest BCUT2D eigenvalue weighted by molar-refractivity contribution is 7.92. The second-order valence-corrected chi connectivity index (χ2v) is 11.0. The molecule has 0 fully saturated rings. The van der Waals surface area contributed by atoms with Crippen LogP contribution in [-0.4, -0.2) is 38.4 Å². The van der Waals surface area contributed by atoms with Gasteiger partial charge in [-0.15, -0.1) is 0 Å². The van der Waals surface area contributed by atoms with E-state index in [0.29, 0.717) is 23.7 Å². The molecule has 0 spiro atoms. The molecule has 9 heteroatoms. The average Bonchev–Trinajstić information content (AvgIpc) is 2.77. The Morgan fingerprint density at radius 3 is 2.40 bits per heavy atom. The number of hydrogen-bond donors (Lipinski definition) is 1. The third-order valence-electron chi connectivity index (χ3n) is 5.31. The van der Waals surface area contributed by atoms with Crippen molar-refractivity contribution < 1.29 is 17.9 Å². The molecule has 3 rings (SSSR count). The number of nitrogens with zero attached hydrogens (tertiary/aromatic N) is 2. The van der Waals surface area contributed by atoms with Crippen molar-refractivity contribution in [1.29, 1.82) is 0 Å². The maximum absolute atomic E-state index is 12.5. The molecular weight excluding hydrogens is 466 g/mol. The molecule has 35 heavy (non-hydrogen) atoms. The molecule has 0 atom stereocenters. The lowest BCUT2D eigenvalue weighted by Gasteiger charge is -2.25. The molecule has 0 saturated carbocycles. The van der Waals surface area contributed by atoms with Crippen LogP contribution in [0.25, 0.3) is 17.8 Å². The van der Waals surface area contributed by atoms with Gasteiger partial charge in [0.25, 0.3) is 5.56 Å². The predicted molar refractivity (Wildman–Crippen MR) is 140 cm³/mol. The standard InChI is InChI=1S/C26H31N3O5S/c1-26(2,3)23-15-22(29-12-11-27-16-24(29)30)14-19(25(23)34-5)8-7-18-9-10-21(28-35(6,31)32)13-20(18)17-33-4/h7-16,28H,17H2,1-6H3/b8-7+. The van der Waals surface area contributed by atoms with Gasteiger partial charge in [-0.05, 0) is 40.8 Å². The van der Waals surface area contributed by atoms with Gasteiger partial charge < -0.3 is 9.47 Å². The van der Waals surface area contributed by atoms with E-state index in [1.165, 1.54) is 6.20 Å². The van der Waals surface area contributed by atoms with E-state index in [-0.39, 0.29) is 11.0 Å². The van der Waals surface area contributed by atoms with Gasteiger partial charge in [0.1, 0.15) is 5.75 Å². The summed E-state index contributed by atoms with van der Waals surface area (Å²) in [5.74, 6) is 0.711. The number of rotatable bonds is 8. The second-order valence-electron chi connectivity index (χ2n) is 9.20. The average molecular weight is 498 g/mol. The van der Waals surface area contributed by atoms with E-state index in [1.807, 2.05) is 30.4 Å².